The second-order valence-corrected chi connectivity index (χ2v) is 11.2. The van der Waals surface area contributed by atoms with Crippen molar-refractivity contribution < 1.29 is 33.8 Å². The van der Waals surface area contributed by atoms with Crippen LogP contribution in [0, 0.1) is 5.82 Å². The number of nitrogens with one attached hydrogen (secondary N) is 2. The number of rotatable bonds is 11. The molecule has 3 unspecified atom stereocenters. The van der Waals surface area contributed by atoms with Gasteiger partial charge in [0.15, 0.2) is 0 Å². The van der Waals surface area contributed by atoms with E-state index in [1.807, 2.05) is 40.2 Å². The summed E-state index contributed by atoms with van der Waals surface area (Å²) in [5.74, 6) is -2.15. The van der Waals surface area contributed by atoms with Gasteiger partial charge in [0.1, 0.15) is 12.4 Å². The lowest BCUT2D eigenvalue weighted by molar-refractivity contribution is -0.159. The van der Waals surface area contributed by atoms with Crippen LogP contribution in [0.25, 0.3) is 0 Å². The number of piperidine rings is 1. The van der Waals surface area contributed by atoms with E-state index in [2.05, 4.69) is 15.9 Å². The van der Waals surface area contributed by atoms with E-state index in [-0.39, 0.29) is 30.5 Å². The van der Waals surface area contributed by atoms with Gasteiger partial charge in [0.2, 0.25) is 0 Å². The molecule has 3 aliphatic rings. The van der Waals surface area contributed by atoms with Gasteiger partial charge in [-0.1, -0.05) is 42.5 Å². The highest BCUT2D eigenvalue weighted by molar-refractivity contribution is 5.79. The van der Waals surface area contributed by atoms with Crippen LogP contribution in [0.2, 0.25) is 0 Å². The summed E-state index contributed by atoms with van der Waals surface area (Å²) in [6, 6.07) is 14.6. The van der Waals surface area contributed by atoms with Gasteiger partial charge in [0, 0.05) is 44.7 Å². The number of carboxylic acids is 2. The topological polar surface area (TPSA) is 136 Å². The molecular weight excluding hydrogens is 545 g/mol. The highest BCUT2D eigenvalue weighted by Gasteiger charge is 2.41. The monoisotopic (exact) mass is 583 g/mol. The molecule has 0 radical (unpaired) electrons. The summed E-state index contributed by atoms with van der Waals surface area (Å²) < 4.78 is 20.3. The van der Waals surface area contributed by atoms with E-state index in [1.165, 1.54) is 6.07 Å². The standard InChI is InChI=1S/C30H38FN5O6/c31-25-4-2-1-3-24(25)27-18-32-11-14-36(27)33-17-21-5-7-22(8-6-21)26-15-23(42-34-26)16-30(41-20-29(39)40)9-12-35(13-10-30)19-28(37)38/h1-8,17,23,26-27,32,34H,9-16,18-20H2,(H,37,38)(H,39,40). The molecule has 0 amide bonds. The van der Waals surface area contributed by atoms with Gasteiger partial charge in [-0.2, -0.15) is 10.6 Å². The first-order chi connectivity index (χ1) is 20.3. The second kappa shape index (κ2) is 13.7. The van der Waals surface area contributed by atoms with Crippen LogP contribution in [0.15, 0.2) is 53.6 Å². The minimum absolute atomic E-state index is 0.0387. The summed E-state index contributed by atoms with van der Waals surface area (Å²) in [6.07, 6.45) is 3.90. The van der Waals surface area contributed by atoms with Crippen molar-refractivity contribution in [3.05, 3.63) is 71.0 Å². The molecule has 0 saturated carbocycles. The first kappa shape index (κ1) is 30.1. The van der Waals surface area contributed by atoms with Crippen molar-refractivity contribution in [2.45, 2.75) is 49.5 Å². The Kier molecular flexibility index (Phi) is 9.80. The predicted molar refractivity (Wildman–Crippen MR) is 152 cm³/mol. The quantitative estimate of drug-likeness (QED) is 0.292. The van der Waals surface area contributed by atoms with Crippen LogP contribution >= 0.6 is 0 Å². The maximum absolute atomic E-state index is 14.4. The summed E-state index contributed by atoms with van der Waals surface area (Å²) >= 11 is 0. The second-order valence-electron chi connectivity index (χ2n) is 11.2. The lowest BCUT2D eigenvalue weighted by Gasteiger charge is -2.42. The molecule has 4 N–H and O–H groups in total. The molecule has 11 nitrogen and oxygen atoms in total. The molecule has 0 aliphatic carbocycles. The Hall–Kier alpha value is -3.42. The zero-order valence-corrected chi connectivity index (χ0v) is 23.5. The Balaban J connectivity index is 1.18. The number of hydrazone groups is 1. The molecule has 2 aromatic rings. The Morgan fingerprint density at radius 2 is 1.86 bits per heavy atom. The highest BCUT2D eigenvalue weighted by atomic mass is 19.1. The Morgan fingerprint density at radius 1 is 1.10 bits per heavy atom. The molecule has 12 heteroatoms. The van der Waals surface area contributed by atoms with Crippen LogP contribution < -0.4 is 10.8 Å². The van der Waals surface area contributed by atoms with Crippen molar-refractivity contribution in [2.24, 2.45) is 5.10 Å². The number of piperazine rings is 1. The lowest BCUT2D eigenvalue weighted by atomic mass is 9.84. The van der Waals surface area contributed by atoms with E-state index >= 15 is 0 Å². The van der Waals surface area contributed by atoms with Gasteiger partial charge in [-0.05, 0) is 36.5 Å². The molecule has 5 rings (SSSR count). The van der Waals surface area contributed by atoms with E-state index in [0.717, 1.165) is 17.7 Å². The summed E-state index contributed by atoms with van der Waals surface area (Å²) in [5.41, 5.74) is 5.04. The third-order valence-electron chi connectivity index (χ3n) is 8.28. The number of likely N-dealkylation sites (tertiary alicyclic amines) is 1. The van der Waals surface area contributed by atoms with E-state index < -0.39 is 24.1 Å². The number of carboxylic acid groups (broad SMARTS) is 2. The molecule has 3 fully saturated rings. The van der Waals surface area contributed by atoms with Crippen molar-refractivity contribution in [2.75, 3.05) is 45.9 Å². The first-order valence-electron chi connectivity index (χ1n) is 14.4. The average molecular weight is 584 g/mol. The summed E-state index contributed by atoms with van der Waals surface area (Å²) in [7, 11) is 0. The van der Waals surface area contributed by atoms with Crippen molar-refractivity contribution in [1.29, 1.82) is 0 Å². The Morgan fingerprint density at radius 3 is 2.57 bits per heavy atom. The van der Waals surface area contributed by atoms with Gasteiger partial charge in [-0.3, -0.25) is 19.5 Å². The van der Waals surface area contributed by atoms with E-state index in [1.54, 1.807) is 18.3 Å². The molecule has 0 aromatic heterocycles. The first-order valence-corrected chi connectivity index (χ1v) is 14.4. The van der Waals surface area contributed by atoms with E-state index in [4.69, 9.17) is 14.7 Å². The SMILES string of the molecule is O=C(O)COC1(CC2CC(c3ccc(C=NN4CCNCC4c4ccccc4F)cc3)NO2)CCN(CC(=O)O)CC1. The van der Waals surface area contributed by atoms with Gasteiger partial charge < -0.3 is 20.3 Å². The summed E-state index contributed by atoms with van der Waals surface area (Å²) in [4.78, 5) is 30.1. The Bertz CT molecular complexity index is 1250. The van der Waals surface area contributed by atoms with Gasteiger partial charge in [0.25, 0.3) is 0 Å². The summed E-state index contributed by atoms with van der Waals surface area (Å²) in [6.45, 7) is 2.67. The third kappa shape index (κ3) is 7.69. The lowest BCUT2D eigenvalue weighted by Crippen LogP contribution is -2.49. The number of benzene rings is 2. The zero-order chi connectivity index (χ0) is 29.5. The molecule has 2 aromatic carbocycles. The molecule has 3 saturated heterocycles. The van der Waals surface area contributed by atoms with Crippen LogP contribution in [-0.2, 0) is 19.2 Å². The normalized spacial score (nSPS) is 24.7. The van der Waals surface area contributed by atoms with Crippen LogP contribution in [0.3, 0.4) is 0 Å². The molecule has 226 valence electrons. The molecule has 3 atom stereocenters. The van der Waals surface area contributed by atoms with Gasteiger partial charge in [0.05, 0.1) is 36.5 Å². The number of aliphatic carboxylic acids is 2. The van der Waals surface area contributed by atoms with Crippen molar-refractivity contribution in [3.63, 3.8) is 0 Å². The predicted octanol–water partition coefficient (Wildman–Crippen LogP) is 2.55. The Labute approximate surface area is 244 Å². The maximum Gasteiger partial charge on any atom is 0.329 e. The minimum atomic E-state index is -1.03. The maximum atomic E-state index is 14.4. The van der Waals surface area contributed by atoms with Crippen molar-refractivity contribution in [1.82, 2.24) is 20.7 Å². The van der Waals surface area contributed by atoms with Crippen LogP contribution in [0.1, 0.15) is 54.5 Å². The number of nitrogens with zero attached hydrogens (tertiary/aromatic N) is 3. The van der Waals surface area contributed by atoms with Crippen molar-refractivity contribution >= 4 is 18.2 Å². The molecule has 0 spiro atoms. The van der Waals surface area contributed by atoms with Gasteiger partial charge >= 0.3 is 11.9 Å². The number of carbonyl (C=O) groups is 2. The largest absolute Gasteiger partial charge is 0.480 e. The molecule has 3 heterocycles. The average Bonchev–Trinajstić information content (AvgIpc) is 3.45. The van der Waals surface area contributed by atoms with Gasteiger partial charge in [-0.25, -0.2) is 9.18 Å². The number of ether oxygens (including phenoxy) is 1. The van der Waals surface area contributed by atoms with E-state index in [9.17, 15) is 19.1 Å². The fourth-order valence-electron chi connectivity index (χ4n) is 6.02. The molecule has 0 bridgehead atoms. The number of halogens is 1. The number of hydroxylamine groups is 1. The fraction of sp³-hybridized carbons (Fsp3) is 0.500. The minimum Gasteiger partial charge on any atom is -0.480 e. The van der Waals surface area contributed by atoms with Crippen LogP contribution in [0.4, 0.5) is 4.39 Å². The van der Waals surface area contributed by atoms with Crippen molar-refractivity contribution in [3.8, 4) is 0 Å². The highest BCUT2D eigenvalue weighted by Crippen LogP contribution is 2.36. The fourth-order valence-corrected chi connectivity index (χ4v) is 6.02. The number of hydrogen-bond donors (Lipinski definition) is 4. The third-order valence-corrected chi connectivity index (χ3v) is 8.28. The molecule has 3 aliphatic heterocycles. The molecule has 42 heavy (non-hydrogen) atoms. The van der Waals surface area contributed by atoms with Gasteiger partial charge in [-0.15, -0.1) is 0 Å². The van der Waals surface area contributed by atoms with Crippen LogP contribution in [0.5, 0.6) is 0 Å². The van der Waals surface area contributed by atoms with E-state index in [0.29, 0.717) is 57.4 Å². The summed E-state index contributed by atoms with van der Waals surface area (Å²) in [5, 5.41) is 28.2. The number of hydrogen-bond acceptors (Lipinski definition) is 9. The molecular formula is C30H38FN5O6. The smallest absolute Gasteiger partial charge is 0.329 e. The van der Waals surface area contributed by atoms with Crippen LogP contribution in [-0.4, -0.2) is 95.9 Å². The zero-order valence-electron chi connectivity index (χ0n) is 23.5.